The normalized spacial score (nSPS) is 10.3. The Hall–Kier alpha value is -1.61. The van der Waals surface area contributed by atoms with Crippen LogP contribution in [0.4, 0.5) is 11.4 Å². The predicted octanol–water partition coefficient (Wildman–Crippen LogP) is 3.24. The van der Waals surface area contributed by atoms with Crippen LogP contribution < -0.4 is 11.5 Å². The Balaban J connectivity index is 2.58. The van der Waals surface area contributed by atoms with Crippen molar-refractivity contribution in [2.24, 2.45) is 0 Å². The molecule has 2 rings (SSSR count). The molecule has 0 fully saturated rings. The fourth-order valence-electron chi connectivity index (χ4n) is 1.69. The second-order valence-electron chi connectivity index (χ2n) is 3.55. The molecule has 0 unspecified atom stereocenters. The molecule has 3 heteroatoms. The van der Waals surface area contributed by atoms with Crippen LogP contribution in [-0.4, -0.2) is 6.26 Å². The van der Waals surface area contributed by atoms with Gasteiger partial charge in [-0.3, -0.25) is 0 Å². The van der Waals surface area contributed by atoms with Crippen molar-refractivity contribution >= 4 is 23.1 Å². The minimum absolute atomic E-state index is 0.697. The van der Waals surface area contributed by atoms with Gasteiger partial charge in [0.2, 0.25) is 0 Å². The van der Waals surface area contributed by atoms with E-state index in [1.165, 1.54) is 4.90 Å². The summed E-state index contributed by atoms with van der Waals surface area (Å²) in [6, 6.07) is 13.9. The Kier molecular flexibility index (Phi) is 3.06. The number of hydrogen-bond donors (Lipinski definition) is 2. The zero-order valence-electron chi connectivity index (χ0n) is 9.10. The summed E-state index contributed by atoms with van der Waals surface area (Å²) >= 11 is 1.72. The molecule has 4 N–H and O–H groups in total. The van der Waals surface area contributed by atoms with Gasteiger partial charge in [-0.2, -0.15) is 0 Å². The van der Waals surface area contributed by atoms with Crippen LogP contribution in [-0.2, 0) is 0 Å². The van der Waals surface area contributed by atoms with Gasteiger partial charge in [0.25, 0.3) is 0 Å². The minimum atomic E-state index is 0.697. The Bertz CT molecular complexity index is 509. The third kappa shape index (κ3) is 1.99. The van der Waals surface area contributed by atoms with Crippen LogP contribution in [0.3, 0.4) is 0 Å². The van der Waals surface area contributed by atoms with Crippen LogP contribution in [0.1, 0.15) is 0 Å². The molecule has 0 heterocycles. The Labute approximate surface area is 99.7 Å². The molecule has 2 aromatic rings. The highest BCUT2D eigenvalue weighted by Gasteiger charge is 2.06. The van der Waals surface area contributed by atoms with Crippen molar-refractivity contribution in [2.75, 3.05) is 17.7 Å². The third-order valence-corrected chi connectivity index (χ3v) is 3.27. The molecule has 2 nitrogen and oxygen atoms in total. The zero-order chi connectivity index (χ0) is 11.5. The summed E-state index contributed by atoms with van der Waals surface area (Å²) < 4.78 is 0. The molecule has 0 aliphatic heterocycles. The minimum Gasteiger partial charge on any atom is -0.399 e. The van der Waals surface area contributed by atoms with Gasteiger partial charge in [0, 0.05) is 21.8 Å². The highest BCUT2D eigenvalue weighted by molar-refractivity contribution is 7.98. The number of nitrogen functional groups attached to an aromatic ring is 2. The van der Waals surface area contributed by atoms with E-state index < -0.39 is 0 Å². The largest absolute Gasteiger partial charge is 0.399 e. The van der Waals surface area contributed by atoms with E-state index in [9.17, 15) is 0 Å². The Morgan fingerprint density at radius 2 is 1.69 bits per heavy atom. The standard InChI is InChI=1S/C13H14N2S/c1-16-13-5-3-2-4-11(13)10-7-6-9(14)8-12(10)15/h2-8H,14-15H2,1H3. The van der Waals surface area contributed by atoms with Gasteiger partial charge in [0.1, 0.15) is 0 Å². The molecule has 0 aliphatic carbocycles. The van der Waals surface area contributed by atoms with E-state index in [0.29, 0.717) is 5.69 Å². The van der Waals surface area contributed by atoms with Crippen molar-refractivity contribution in [1.82, 2.24) is 0 Å². The molecule has 2 aromatic carbocycles. The van der Waals surface area contributed by atoms with E-state index in [2.05, 4.69) is 18.4 Å². The van der Waals surface area contributed by atoms with Gasteiger partial charge in [0.05, 0.1) is 0 Å². The number of thioether (sulfide) groups is 1. The Morgan fingerprint density at radius 1 is 0.938 bits per heavy atom. The van der Waals surface area contributed by atoms with Gasteiger partial charge < -0.3 is 11.5 Å². The van der Waals surface area contributed by atoms with Gasteiger partial charge in [0.15, 0.2) is 0 Å². The number of rotatable bonds is 2. The van der Waals surface area contributed by atoms with Gasteiger partial charge in [-0.15, -0.1) is 11.8 Å². The average Bonchev–Trinajstić information content (AvgIpc) is 2.29. The van der Waals surface area contributed by atoms with E-state index >= 15 is 0 Å². The van der Waals surface area contributed by atoms with Crippen molar-refractivity contribution in [3.05, 3.63) is 42.5 Å². The van der Waals surface area contributed by atoms with Crippen LogP contribution in [0.25, 0.3) is 11.1 Å². The smallest absolute Gasteiger partial charge is 0.0414 e. The summed E-state index contributed by atoms with van der Waals surface area (Å²) in [7, 11) is 0. The van der Waals surface area contributed by atoms with Crippen molar-refractivity contribution in [2.45, 2.75) is 4.90 Å². The maximum absolute atomic E-state index is 5.99. The van der Waals surface area contributed by atoms with Crippen LogP contribution in [0.2, 0.25) is 0 Å². The Morgan fingerprint density at radius 3 is 2.38 bits per heavy atom. The van der Waals surface area contributed by atoms with Gasteiger partial charge in [-0.1, -0.05) is 24.3 Å². The van der Waals surface area contributed by atoms with Crippen LogP contribution >= 0.6 is 11.8 Å². The lowest BCUT2D eigenvalue weighted by Crippen LogP contribution is -1.93. The van der Waals surface area contributed by atoms with Gasteiger partial charge in [-0.25, -0.2) is 0 Å². The van der Waals surface area contributed by atoms with Crippen LogP contribution in [0.5, 0.6) is 0 Å². The fraction of sp³-hybridized carbons (Fsp3) is 0.0769. The van der Waals surface area contributed by atoms with Crippen molar-refractivity contribution in [3.63, 3.8) is 0 Å². The van der Waals surface area contributed by atoms with Crippen molar-refractivity contribution in [1.29, 1.82) is 0 Å². The molecular weight excluding hydrogens is 216 g/mol. The molecule has 0 radical (unpaired) electrons. The summed E-state index contributed by atoms with van der Waals surface area (Å²) in [6.07, 6.45) is 2.06. The highest BCUT2D eigenvalue weighted by Crippen LogP contribution is 2.34. The van der Waals surface area contributed by atoms with Gasteiger partial charge >= 0.3 is 0 Å². The summed E-state index contributed by atoms with van der Waals surface area (Å²) in [6.45, 7) is 0. The number of benzene rings is 2. The second kappa shape index (κ2) is 4.49. The molecule has 82 valence electrons. The SMILES string of the molecule is CSc1ccccc1-c1ccc(N)cc1N. The molecule has 16 heavy (non-hydrogen) atoms. The van der Waals surface area contributed by atoms with E-state index in [1.807, 2.05) is 24.3 Å². The van der Waals surface area contributed by atoms with E-state index in [-0.39, 0.29) is 0 Å². The third-order valence-electron chi connectivity index (χ3n) is 2.47. The molecule has 0 atom stereocenters. The molecular formula is C13H14N2S. The number of nitrogens with two attached hydrogens (primary N) is 2. The van der Waals surface area contributed by atoms with Crippen LogP contribution in [0.15, 0.2) is 47.4 Å². The molecule has 0 aromatic heterocycles. The quantitative estimate of drug-likeness (QED) is 0.615. The summed E-state index contributed by atoms with van der Waals surface area (Å²) in [5.74, 6) is 0. The summed E-state index contributed by atoms with van der Waals surface area (Å²) in [5.41, 5.74) is 15.3. The predicted molar refractivity (Wildman–Crippen MR) is 72.5 cm³/mol. The lowest BCUT2D eigenvalue weighted by Gasteiger charge is -2.10. The molecule has 0 spiro atoms. The van der Waals surface area contributed by atoms with Crippen LogP contribution in [0, 0.1) is 0 Å². The number of anilines is 2. The molecule has 0 bridgehead atoms. The maximum atomic E-state index is 5.99. The summed E-state index contributed by atoms with van der Waals surface area (Å²) in [5, 5.41) is 0. The molecule has 0 amide bonds. The molecule has 0 saturated heterocycles. The monoisotopic (exact) mass is 230 g/mol. The fourth-order valence-corrected chi connectivity index (χ4v) is 2.31. The topological polar surface area (TPSA) is 52.0 Å². The van der Waals surface area contributed by atoms with E-state index in [0.717, 1.165) is 16.8 Å². The summed E-state index contributed by atoms with van der Waals surface area (Å²) in [4.78, 5) is 1.22. The van der Waals surface area contributed by atoms with Crippen molar-refractivity contribution < 1.29 is 0 Å². The first-order valence-electron chi connectivity index (χ1n) is 5.01. The highest BCUT2D eigenvalue weighted by atomic mass is 32.2. The average molecular weight is 230 g/mol. The molecule has 0 aliphatic rings. The zero-order valence-corrected chi connectivity index (χ0v) is 9.92. The lowest BCUT2D eigenvalue weighted by atomic mass is 10.0. The van der Waals surface area contributed by atoms with E-state index in [4.69, 9.17) is 11.5 Å². The maximum Gasteiger partial charge on any atom is 0.0414 e. The second-order valence-corrected chi connectivity index (χ2v) is 4.40. The lowest BCUT2D eigenvalue weighted by molar-refractivity contribution is 1.45. The number of hydrogen-bond acceptors (Lipinski definition) is 3. The van der Waals surface area contributed by atoms with E-state index in [1.54, 1.807) is 17.8 Å². The van der Waals surface area contributed by atoms with Crippen molar-refractivity contribution in [3.8, 4) is 11.1 Å². The first-order chi connectivity index (χ1) is 7.72. The van der Waals surface area contributed by atoms with Gasteiger partial charge in [-0.05, 0) is 30.0 Å². The molecule has 0 saturated carbocycles. The first-order valence-corrected chi connectivity index (χ1v) is 6.23. The first kappa shape index (κ1) is 10.9.